The Morgan fingerprint density at radius 1 is 1.19 bits per heavy atom. The summed E-state index contributed by atoms with van der Waals surface area (Å²) in [4.78, 5) is 19.1. The van der Waals surface area contributed by atoms with Crippen LogP contribution in [0.15, 0.2) is 59.1 Å². The number of carbonyl (C=O) groups excluding carboxylic acids is 1. The highest BCUT2D eigenvalue weighted by molar-refractivity contribution is 5.78. The van der Waals surface area contributed by atoms with Gasteiger partial charge >= 0.3 is 0 Å². The standard InChI is InChI=1S/C25H28N2O4/c1-18-6-3-4-8-23(18)30-17-24(28)27-13-5-7-20(16-27)25-26-15-22(31-25)14-19-9-11-21(29-2)12-10-19/h3-4,6,8-12,15,20H,5,7,13-14,16-17H2,1-2H3/t20-/m1/s1. The predicted molar refractivity (Wildman–Crippen MR) is 118 cm³/mol. The molecule has 0 aliphatic carbocycles. The molecule has 1 aromatic heterocycles. The second-order valence-corrected chi connectivity index (χ2v) is 7.92. The Labute approximate surface area is 182 Å². The number of para-hydroxylation sites is 1. The van der Waals surface area contributed by atoms with Gasteiger partial charge in [0.15, 0.2) is 12.5 Å². The van der Waals surface area contributed by atoms with Crippen LogP contribution < -0.4 is 9.47 Å². The largest absolute Gasteiger partial charge is 0.497 e. The van der Waals surface area contributed by atoms with Gasteiger partial charge in [-0.2, -0.15) is 0 Å². The minimum atomic E-state index is -0.00188. The van der Waals surface area contributed by atoms with Gasteiger partial charge in [0, 0.05) is 19.5 Å². The number of benzene rings is 2. The highest BCUT2D eigenvalue weighted by Crippen LogP contribution is 2.28. The maximum absolute atomic E-state index is 12.7. The molecule has 1 amide bonds. The number of aromatic nitrogens is 1. The van der Waals surface area contributed by atoms with Crippen molar-refractivity contribution in [2.75, 3.05) is 26.8 Å². The SMILES string of the molecule is COc1ccc(Cc2cnc([C@@H]3CCCN(C(=O)COc4ccccc4C)C3)o2)cc1. The van der Waals surface area contributed by atoms with Crippen molar-refractivity contribution in [1.29, 1.82) is 0 Å². The van der Waals surface area contributed by atoms with Crippen LogP contribution in [0, 0.1) is 6.92 Å². The molecule has 31 heavy (non-hydrogen) atoms. The number of carbonyl (C=O) groups is 1. The lowest BCUT2D eigenvalue weighted by atomic mass is 9.98. The first-order valence-electron chi connectivity index (χ1n) is 10.7. The van der Waals surface area contributed by atoms with Crippen LogP contribution in [-0.2, 0) is 11.2 Å². The van der Waals surface area contributed by atoms with E-state index in [4.69, 9.17) is 13.9 Å². The Morgan fingerprint density at radius 3 is 2.77 bits per heavy atom. The van der Waals surface area contributed by atoms with Crippen LogP contribution in [0.3, 0.4) is 0 Å². The molecule has 0 bridgehead atoms. The van der Waals surface area contributed by atoms with Crippen molar-refractivity contribution in [2.24, 2.45) is 0 Å². The molecule has 1 fully saturated rings. The number of aryl methyl sites for hydroxylation is 1. The lowest BCUT2D eigenvalue weighted by Crippen LogP contribution is -2.41. The summed E-state index contributed by atoms with van der Waals surface area (Å²) in [5, 5.41) is 0. The molecule has 1 aliphatic rings. The van der Waals surface area contributed by atoms with Gasteiger partial charge in [-0.15, -0.1) is 0 Å². The van der Waals surface area contributed by atoms with Gasteiger partial charge in [-0.1, -0.05) is 30.3 Å². The summed E-state index contributed by atoms with van der Waals surface area (Å²) in [6.07, 6.45) is 4.36. The zero-order chi connectivity index (χ0) is 21.6. The summed E-state index contributed by atoms with van der Waals surface area (Å²) in [7, 11) is 1.66. The van der Waals surface area contributed by atoms with Gasteiger partial charge in [0.2, 0.25) is 0 Å². The summed E-state index contributed by atoms with van der Waals surface area (Å²) in [5.41, 5.74) is 2.16. The molecule has 6 nitrogen and oxygen atoms in total. The monoisotopic (exact) mass is 420 g/mol. The summed E-state index contributed by atoms with van der Waals surface area (Å²) < 4.78 is 17.0. The molecule has 0 radical (unpaired) electrons. The van der Waals surface area contributed by atoms with Crippen LogP contribution >= 0.6 is 0 Å². The van der Waals surface area contributed by atoms with Crippen LogP contribution in [0.2, 0.25) is 0 Å². The molecule has 6 heteroatoms. The molecular weight excluding hydrogens is 392 g/mol. The first-order chi connectivity index (χ1) is 15.1. The zero-order valence-corrected chi connectivity index (χ0v) is 18.0. The van der Waals surface area contributed by atoms with E-state index in [9.17, 15) is 4.79 Å². The Kier molecular flexibility index (Phi) is 6.55. The summed E-state index contributed by atoms with van der Waals surface area (Å²) >= 11 is 0. The number of piperidine rings is 1. The highest BCUT2D eigenvalue weighted by atomic mass is 16.5. The van der Waals surface area contributed by atoms with Gasteiger partial charge in [0.05, 0.1) is 19.2 Å². The van der Waals surface area contributed by atoms with Gasteiger partial charge in [-0.25, -0.2) is 4.98 Å². The molecule has 0 unspecified atom stereocenters. The van der Waals surface area contributed by atoms with E-state index in [1.165, 1.54) is 0 Å². The van der Waals surface area contributed by atoms with E-state index in [1.807, 2.05) is 60.4 Å². The summed E-state index contributed by atoms with van der Waals surface area (Å²) in [6.45, 7) is 3.37. The maximum Gasteiger partial charge on any atom is 0.260 e. The van der Waals surface area contributed by atoms with Crippen LogP contribution in [0.5, 0.6) is 11.5 Å². The smallest absolute Gasteiger partial charge is 0.260 e. The fourth-order valence-electron chi connectivity index (χ4n) is 3.89. The quantitative estimate of drug-likeness (QED) is 0.568. The predicted octanol–water partition coefficient (Wildman–Crippen LogP) is 4.37. The molecular formula is C25H28N2O4. The third-order valence-corrected chi connectivity index (χ3v) is 5.68. The average Bonchev–Trinajstić information content (AvgIpc) is 3.27. The summed E-state index contributed by atoms with van der Waals surface area (Å²) in [5.74, 6) is 3.23. The molecule has 1 saturated heterocycles. The summed E-state index contributed by atoms with van der Waals surface area (Å²) in [6, 6.07) is 15.7. The molecule has 0 spiro atoms. The number of amides is 1. The van der Waals surface area contributed by atoms with Crippen molar-refractivity contribution >= 4 is 5.91 Å². The normalized spacial score (nSPS) is 16.2. The van der Waals surface area contributed by atoms with Crippen molar-refractivity contribution in [3.8, 4) is 11.5 Å². The maximum atomic E-state index is 12.7. The highest BCUT2D eigenvalue weighted by Gasteiger charge is 2.28. The Balaban J connectivity index is 1.34. The molecule has 1 aliphatic heterocycles. The van der Waals surface area contributed by atoms with E-state index < -0.39 is 0 Å². The molecule has 162 valence electrons. The lowest BCUT2D eigenvalue weighted by molar-refractivity contribution is -0.134. The molecule has 4 rings (SSSR count). The number of ether oxygens (including phenoxy) is 2. The lowest BCUT2D eigenvalue weighted by Gasteiger charge is -2.31. The van der Waals surface area contributed by atoms with Crippen molar-refractivity contribution in [1.82, 2.24) is 9.88 Å². The van der Waals surface area contributed by atoms with E-state index in [2.05, 4.69) is 4.98 Å². The van der Waals surface area contributed by atoms with Gasteiger partial charge in [-0.3, -0.25) is 4.79 Å². The molecule has 1 atom stereocenters. The first-order valence-corrected chi connectivity index (χ1v) is 10.7. The fourth-order valence-corrected chi connectivity index (χ4v) is 3.89. The minimum Gasteiger partial charge on any atom is -0.497 e. The van der Waals surface area contributed by atoms with Crippen LogP contribution in [0.1, 0.15) is 41.5 Å². The molecule has 2 heterocycles. The topological polar surface area (TPSA) is 64.8 Å². The number of hydrogen-bond acceptors (Lipinski definition) is 5. The number of nitrogens with zero attached hydrogens (tertiary/aromatic N) is 2. The number of methoxy groups -OCH3 is 1. The van der Waals surface area contributed by atoms with E-state index in [0.29, 0.717) is 18.9 Å². The van der Waals surface area contributed by atoms with E-state index in [-0.39, 0.29) is 18.4 Å². The second-order valence-electron chi connectivity index (χ2n) is 7.92. The number of likely N-dealkylation sites (tertiary alicyclic amines) is 1. The Bertz CT molecular complexity index is 1010. The Morgan fingerprint density at radius 2 is 2.00 bits per heavy atom. The van der Waals surface area contributed by atoms with Crippen molar-refractivity contribution < 1.29 is 18.7 Å². The molecule has 0 saturated carbocycles. The van der Waals surface area contributed by atoms with Gasteiger partial charge in [-0.05, 0) is 49.1 Å². The van der Waals surface area contributed by atoms with Crippen molar-refractivity contribution in [2.45, 2.75) is 32.1 Å². The van der Waals surface area contributed by atoms with Gasteiger partial charge < -0.3 is 18.8 Å². The first kappa shape index (κ1) is 21.0. The van der Waals surface area contributed by atoms with Crippen LogP contribution in [0.25, 0.3) is 0 Å². The van der Waals surface area contributed by atoms with E-state index in [1.54, 1.807) is 13.3 Å². The molecule has 2 aromatic carbocycles. The fraction of sp³-hybridized carbons (Fsp3) is 0.360. The van der Waals surface area contributed by atoms with E-state index >= 15 is 0 Å². The van der Waals surface area contributed by atoms with Gasteiger partial charge in [0.25, 0.3) is 5.91 Å². The molecule has 3 aromatic rings. The number of hydrogen-bond donors (Lipinski definition) is 0. The third-order valence-electron chi connectivity index (χ3n) is 5.68. The number of oxazole rings is 1. The van der Waals surface area contributed by atoms with Crippen LogP contribution in [0.4, 0.5) is 0 Å². The zero-order valence-electron chi connectivity index (χ0n) is 18.0. The van der Waals surface area contributed by atoms with E-state index in [0.717, 1.165) is 47.8 Å². The minimum absolute atomic E-state index is 0.00188. The average molecular weight is 421 g/mol. The Hall–Kier alpha value is -3.28. The van der Waals surface area contributed by atoms with Gasteiger partial charge in [0.1, 0.15) is 17.3 Å². The number of rotatable bonds is 7. The third kappa shape index (κ3) is 5.26. The van der Waals surface area contributed by atoms with Crippen molar-refractivity contribution in [3.05, 3.63) is 77.5 Å². The van der Waals surface area contributed by atoms with Crippen molar-refractivity contribution in [3.63, 3.8) is 0 Å². The van der Waals surface area contributed by atoms with Crippen LogP contribution in [-0.4, -0.2) is 42.6 Å². The molecule has 0 N–H and O–H groups in total. The second kappa shape index (κ2) is 9.69.